The van der Waals surface area contributed by atoms with Crippen LogP contribution in [0.5, 0.6) is 0 Å². The molecule has 1 fully saturated rings. The van der Waals surface area contributed by atoms with Gasteiger partial charge in [0.05, 0.1) is 17.0 Å². The molecule has 0 radical (unpaired) electrons. The molecule has 0 aromatic heterocycles. The smallest absolute Gasteiger partial charge is 0.232 e. The Labute approximate surface area is 227 Å². The van der Waals surface area contributed by atoms with E-state index in [0.717, 1.165) is 11.1 Å². The SMILES string of the molecule is O=C(CSC(c1ccccc1)c1ccccc1)N1CCN(C(c2ccc(F)cc2)c2ccc(F)cc2)CC1. The summed E-state index contributed by atoms with van der Waals surface area (Å²) >= 11 is 1.66. The second-order valence-electron chi connectivity index (χ2n) is 9.43. The van der Waals surface area contributed by atoms with Crippen LogP contribution in [-0.2, 0) is 4.79 Å². The number of carbonyl (C=O) groups is 1. The highest BCUT2D eigenvalue weighted by atomic mass is 32.2. The number of rotatable bonds is 8. The van der Waals surface area contributed by atoms with Gasteiger partial charge in [0.25, 0.3) is 0 Å². The molecular formula is C32H30F2N2OS. The second kappa shape index (κ2) is 12.4. The minimum absolute atomic E-state index is 0.0870. The molecule has 0 N–H and O–H groups in total. The largest absolute Gasteiger partial charge is 0.339 e. The summed E-state index contributed by atoms with van der Waals surface area (Å²) in [6.07, 6.45) is 0. The lowest BCUT2D eigenvalue weighted by Crippen LogP contribution is -2.50. The fourth-order valence-corrected chi connectivity index (χ4v) is 6.21. The van der Waals surface area contributed by atoms with Crippen LogP contribution in [0, 0.1) is 11.6 Å². The van der Waals surface area contributed by atoms with Gasteiger partial charge >= 0.3 is 0 Å². The Balaban J connectivity index is 1.25. The van der Waals surface area contributed by atoms with Gasteiger partial charge in [-0.25, -0.2) is 8.78 Å². The maximum atomic E-state index is 13.6. The lowest BCUT2D eigenvalue weighted by atomic mass is 9.96. The van der Waals surface area contributed by atoms with Gasteiger partial charge in [0.15, 0.2) is 0 Å². The van der Waals surface area contributed by atoms with Crippen LogP contribution in [-0.4, -0.2) is 47.6 Å². The lowest BCUT2D eigenvalue weighted by molar-refractivity contribution is -0.130. The van der Waals surface area contributed by atoms with Crippen LogP contribution in [0.1, 0.15) is 33.5 Å². The van der Waals surface area contributed by atoms with Crippen molar-refractivity contribution in [1.29, 1.82) is 0 Å². The summed E-state index contributed by atoms with van der Waals surface area (Å²) in [6, 6.07) is 33.4. The summed E-state index contributed by atoms with van der Waals surface area (Å²) in [5.41, 5.74) is 4.26. The van der Waals surface area contributed by atoms with E-state index in [9.17, 15) is 13.6 Å². The van der Waals surface area contributed by atoms with Crippen LogP contribution in [0.2, 0.25) is 0 Å². The normalized spacial score (nSPS) is 14.3. The number of hydrogen-bond acceptors (Lipinski definition) is 3. The predicted octanol–water partition coefficient (Wildman–Crippen LogP) is 6.72. The van der Waals surface area contributed by atoms with Crippen LogP contribution in [0.15, 0.2) is 109 Å². The number of piperazine rings is 1. The molecule has 194 valence electrons. The van der Waals surface area contributed by atoms with Gasteiger partial charge in [-0.1, -0.05) is 84.9 Å². The van der Waals surface area contributed by atoms with Crippen molar-refractivity contribution in [1.82, 2.24) is 9.80 Å². The molecule has 1 aliphatic heterocycles. The van der Waals surface area contributed by atoms with E-state index in [0.29, 0.717) is 31.9 Å². The van der Waals surface area contributed by atoms with Crippen LogP contribution >= 0.6 is 11.8 Å². The van der Waals surface area contributed by atoms with Crippen molar-refractivity contribution in [2.24, 2.45) is 0 Å². The summed E-state index contributed by atoms with van der Waals surface area (Å²) in [5, 5.41) is 0.0870. The van der Waals surface area contributed by atoms with Crippen molar-refractivity contribution in [2.45, 2.75) is 11.3 Å². The maximum absolute atomic E-state index is 13.6. The minimum atomic E-state index is -0.288. The van der Waals surface area contributed by atoms with Gasteiger partial charge in [0.1, 0.15) is 11.6 Å². The van der Waals surface area contributed by atoms with E-state index in [4.69, 9.17) is 0 Å². The molecule has 0 unspecified atom stereocenters. The Bertz CT molecular complexity index is 1220. The average Bonchev–Trinajstić information content (AvgIpc) is 2.97. The number of benzene rings is 4. The third-order valence-electron chi connectivity index (χ3n) is 6.98. The molecule has 5 rings (SSSR count). The van der Waals surface area contributed by atoms with Crippen LogP contribution in [0.25, 0.3) is 0 Å². The quantitative estimate of drug-likeness (QED) is 0.254. The van der Waals surface area contributed by atoms with Crippen molar-refractivity contribution < 1.29 is 13.6 Å². The minimum Gasteiger partial charge on any atom is -0.339 e. The molecule has 0 aliphatic carbocycles. The van der Waals surface area contributed by atoms with E-state index in [1.807, 2.05) is 41.3 Å². The molecule has 4 aromatic rings. The number of amides is 1. The monoisotopic (exact) mass is 528 g/mol. The summed E-state index contributed by atoms with van der Waals surface area (Å²) < 4.78 is 27.2. The summed E-state index contributed by atoms with van der Waals surface area (Å²) in [6.45, 7) is 2.58. The van der Waals surface area contributed by atoms with Gasteiger partial charge < -0.3 is 4.90 Å². The molecule has 0 atom stereocenters. The highest BCUT2D eigenvalue weighted by Gasteiger charge is 2.29. The van der Waals surface area contributed by atoms with E-state index >= 15 is 0 Å². The van der Waals surface area contributed by atoms with Crippen LogP contribution in [0.4, 0.5) is 8.78 Å². The van der Waals surface area contributed by atoms with Crippen molar-refractivity contribution in [3.8, 4) is 0 Å². The number of halogens is 2. The number of thioether (sulfide) groups is 1. The molecule has 4 aromatic carbocycles. The van der Waals surface area contributed by atoms with Gasteiger partial charge in [-0.05, 0) is 46.5 Å². The first-order chi connectivity index (χ1) is 18.6. The summed E-state index contributed by atoms with van der Waals surface area (Å²) in [7, 11) is 0. The van der Waals surface area contributed by atoms with E-state index in [1.54, 1.807) is 36.0 Å². The molecule has 0 spiro atoms. The van der Waals surface area contributed by atoms with Gasteiger partial charge in [-0.2, -0.15) is 0 Å². The van der Waals surface area contributed by atoms with Crippen molar-refractivity contribution in [3.05, 3.63) is 143 Å². The topological polar surface area (TPSA) is 23.6 Å². The molecule has 3 nitrogen and oxygen atoms in total. The zero-order valence-electron chi connectivity index (χ0n) is 21.0. The zero-order chi connectivity index (χ0) is 26.3. The van der Waals surface area contributed by atoms with Crippen LogP contribution in [0.3, 0.4) is 0 Å². The van der Waals surface area contributed by atoms with Crippen LogP contribution < -0.4 is 0 Å². The molecule has 38 heavy (non-hydrogen) atoms. The van der Waals surface area contributed by atoms with Crippen molar-refractivity contribution in [3.63, 3.8) is 0 Å². The Morgan fingerprint density at radius 2 is 1.08 bits per heavy atom. The second-order valence-corrected chi connectivity index (χ2v) is 10.5. The van der Waals surface area contributed by atoms with E-state index in [2.05, 4.69) is 29.2 Å². The molecule has 1 saturated heterocycles. The first-order valence-corrected chi connectivity index (χ1v) is 13.9. The van der Waals surface area contributed by atoms with Crippen molar-refractivity contribution in [2.75, 3.05) is 31.9 Å². The molecule has 6 heteroatoms. The van der Waals surface area contributed by atoms with E-state index in [-0.39, 0.29) is 28.8 Å². The Morgan fingerprint density at radius 3 is 1.53 bits per heavy atom. The van der Waals surface area contributed by atoms with Gasteiger partial charge in [0.2, 0.25) is 5.91 Å². The average molecular weight is 529 g/mol. The maximum Gasteiger partial charge on any atom is 0.232 e. The molecule has 0 bridgehead atoms. The Kier molecular flexibility index (Phi) is 8.51. The van der Waals surface area contributed by atoms with E-state index in [1.165, 1.54) is 35.4 Å². The zero-order valence-corrected chi connectivity index (χ0v) is 21.9. The summed E-state index contributed by atoms with van der Waals surface area (Å²) in [4.78, 5) is 17.5. The van der Waals surface area contributed by atoms with Crippen molar-refractivity contribution >= 4 is 17.7 Å². The molecular weight excluding hydrogens is 498 g/mol. The highest BCUT2D eigenvalue weighted by Crippen LogP contribution is 2.36. The Morgan fingerprint density at radius 1 is 0.632 bits per heavy atom. The Hall–Kier alpha value is -3.48. The third-order valence-corrected chi connectivity index (χ3v) is 8.27. The standard InChI is InChI=1S/C32H30F2N2OS/c33-28-15-11-24(12-16-28)31(25-13-17-29(34)18-14-25)36-21-19-35(20-22-36)30(37)23-38-32(26-7-3-1-4-8-26)27-9-5-2-6-10-27/h1-18,31-32H,19-23H2. The fourth-order valence-electron chi connectivity index (χ4n) is 5.02. The molecule has 1 heterocycles. The first kappa shape index (κ1) is 26.1. The molecule has 0 saturated carbocycles. The number of carbonyl (C=O) groups excluding carboxylic acids is 1. The number of nitrogens with zero attached hydrogens (tertiary/aromatic N) is 2. The highest BCUT2D eigenvalue weighted by molar-refractivity contribution is 8.00. The fraction of sp³-hybridized carbons (Fsp3) is 0.219. The predicted molar refractivity (Wildman–Crippen MR) is 150 cm³/mol. The van der Waals surface area contributed by atoms with E-state index < -0.39 is 0 Å². The van der Waals surface area contributed by atoms with Gasteiger partial charge in [-0.15, -0.1) is 11.8 Å². The number of hydrogen-bond donors (Lipinski definition) is 0. The molecule has 1 aliphatic rings. The lowest BCUT2D eigenvalue weighted by Gasteiger charge is -2.40. The van der Waals surface area contributed by atoms with Gasteiger partial charge in [0, 0.05) is 26.2 Å². The molecule has 1 amide bonds. The first-order valence-electron chi connectivity index (χ1n) is 12.8. The summed E-state index contributed by atoms with van der Waals surface area (Å²) in [5.74, 6) is -0.0485. The van der Waals surface area contributed by atoms with Gasteiger partial charge in [-0.3, -0.25) is 9.69 Å². The third kappa shape index (κ3) is 6.32.